The van der Waals surface area contributed by atoms with Crippen LogP contribution in [-0.2, 0) is 20.0 Å². The zero-order valence-corrected chi connectivity index (χ0v) is 19.9. The van der Waals surface area contributed by atoms with Crippen LogP contribution in [0.5, 0.6) is 0 Å². The van der Waals surface area contributed by atoms with Gasteiger partial charge in [0.2, 0.25) is 0 Å². The van der Waals surface area contributed by atoms with Crippen molar-refractivity contribution < 1.29 is 4.79 Å². The summed E-state index contributed by atoms with van der Waals surface area (Å²) >= 11 is 0. The van der Waals surface area contributed by atoms with E-state index >= 15 is 0 Å². The highest BCUT2D eigenvalue weighted by Crippen LogP contribution is 2.21. The minimum Gasteiger partial charge on any atom is -0.337 e. The summed E-state index contributed by atoms with van der Waals surface area (Å²) in [6, 6.07) is 14.2. The molecule has 1 amide bonds. The molecule has 0 unspecified atom stereocenters. The number of carbonyl (C=O) groups excluding carboxylic acids is 1. The van der Waals surface area contributed by atoms with E-state index in [2.05, 4.69) is 49.2 Å². The number of benzene rings is 1. The molecule has 0 saturated carbocycles. The number of aromatic nitrogens is 5. The Kier molecular flexibility index (Phi) is 6.90. The lowest BCUT2D eigenvalue weighted by Gasteiger charge is -2.24. The highest BCUT2D eigenvalue weighted by molar-refractivity contribution is 5.95. The normalized spacial score (nSPS) is 16.7. The van der Waals surface area contributed by atoms with Crippen molar-refractivity contribution in [2.24, 2.45) is 13.0 Å². The second kappa shape index (κ2) is 10.6. The summed E-state index contributed by atoms with van der Waals surface area (Å²) in [7, 11) is 1.87. The Labute approximate surface area is 205 Å². The predicted octanol–water partition coefficient (Wildman–Crippen LogP) is 3.09. The number of nitrogens with zero attached hydrogens (tertiary/aromatic N) is 7. The fraction of sp³-hybridized carbons (Fsp3) is 0.296. The van der Waals surface area contributed by atoms with Crippen molar-refractivity contribution in [1.82, 2.24) is 34.5 Å². The molecule has 35 heavy (non-hydrogen) atoms. The van der Waals surface area contributed by atoms with Gasteiger partial charge < -0.3 is 4.90 Å². The number of hydrogen-bond donors (Lipinski definition) is 0. The molecule has 4 heterocycles. The number of hydrogen-bond acceptors (Lipinski definition) is 6. The molecule has 4 aromatic rings. The van der Waals surface area contributed by atoms with Gasteiger partial charge in [0, 0.05) is 81.9 Å². The molecule has 1 aliphatic heterocycles. The third-order valence-electron chi connectivity index (χ3n) is 6.34. The second-order valence-electron chi connectivity index (χ2n) is 9.07. The van der Waals surface area contributed by atoms with E-state index in [0.29, 0.717) is 18.7 Å². The highest BCUT2D eigenvalue weighted by Gasteiger charge is 2.27. The summed E-state index contributed by atoms with van der Waals surface area (Å²) in [5, 5.41) is 4.23. The first-order valence-corrected chi connectivity index (χ1v) is 11.9. The molecular formula is C27H29N7O. The van der Waals surface area contributed by atoms with E-state index in [-0.39, 0.29) is 11.8 Å². The Morgan fingerprint density at radius 3 is 2.66 bits per heavy atom. The lowest BCUT2D eigenvalue weighted by molar-refractivity contribution is 0.0745. The average Bonchev–Trinajstić information content (AvgIpc) is 3.23. The van der Waals surface area contributed by atoms with Crippen molar-refractivity contribution in [3.8, 4) is 11.3 Å². The van der Waals surface area contributed by atoms with Crippen LogP contribution in [0.25, 0.3) is 11.3 Å². The Balaban J connectivity index is 1.36. The van der Waals surface area contributed by atoms with Gasteiger partial charge in [-0.3, -0.25) is 29.3 Å². The SMILES string of the molecule is Cn1cc(-c2cc(C(=O)N3CCN(Cc4ccccc4)C[C@@H](Cc4cnccn4)C3)ccn2)cn1. The first-order chi connectivity index (χ1) is 17.1. The Morgan fingerprint density at radius 2 is 1.89 bits per heavy atom. The maximum absolute atomic E-state index is 13.6. The molecule has 0 radical (unpaired) electrons. The number of rotatable bonds is 6. The number of carbonyl (C=O) groups is 1. The molecule has 1 atom stereocenters. The maximum Gasteiger partial charge on any atom is 0.254 e. The largest absolute Gasteiger partial charge is 0.337 e. The van der Waals surface area contributed by atoms with Crippen LogP contribution in [0.1, 0.15) is 21.6 Å². The van der Waals surface area contributed by atoms with E-state index in [1.807, 2.05) is 36.5 Å². The number of aryl methyl sites for hydroxylation is 1. The zero-order chi connectivity index (χ0) is 24.0. The standard InChI is InChI=1S/C27H29N7O/c1-32-20-24(15-31-32)26-14-23(7-8-30-26)27(35)34-12-11-33(17-21-5-3-2-4-6-21)18-22(19-34)13-25-16-28-9-10-29-25/h2-10,14-16,20,22H,11-13,17-19H2,1H3/t22-/m1/s1. The Morgan fingerprint density at radius 1 is 1.00 bits per heavy atom. The van der Waals surface area contributed by atoms with Crippen LogP contribution in [0.4, 0.5) is 0 Å². The van der Waals surface area contributed by atoms with E-state index in [4.69, 9.17) is 0 Å². The Bertz CT molecular complexity index is 1260. The molecule has 0 N–H and O–H groups in total. The first-order valence-electron chi connectivity index (χ1n) is 11.9. The quantitative estimate of drug-likeness (QED) is 0.434. The molecule has 0 bridgehead atoms. The van der Waals surface area contributed by atoms with Crippen LogP contribution in [-0.4, -0.2) is 66.6 Å². The molecule has 1 fully saturated rings. The molecule has 8 nitrogen and oxygen atoms in total. The summed E-state index contributed by atoms with van der Waals surface area (Å²) in [5.74, 6) is 0.282. The van der Waals surface area contributed by atoms with Gasteiger partial charge in [-0.05, 0) is 30.0 Å². The van der Waals surface area contributed by atoms with Crippen LogP contribution in [0.2, 0.25) is 0 Å². The van der Waals surface area contributed by atoms with E-state index in [1.54, 1.807) is 35.5 Å². The third kappa shape index (κ3) is 5.78. The lowest BCUT2D eigenvalue weighted by Crippen LogP contribution is -2.36. The van der Waals surface area contributed by atoms with Crippen LogP contribution < -0.4 is 0 Å². The van der Waals surface area contributed by atoms with Crippen LogP contribution >= 0.6 is 0 Å². The van der Waals surface area contributed by atoms with Crippen molar-refractivity contribution in [2.75, 3.05) is 26.2 Å². The van der Waals surface area contributed by atoms with E-state index in [0.717, 1.165) is 43.0 Å². The minimum absolute atomic E-state index is 0.0308. The van der Waals surface area contributed by atoms with Gasteiger partial charge in [0.1, 0.15) is 0 Å². The molecule has 1 aliphatic rings. The van der Waals surface area contributed by atoms with E-state index in [1.165, 1.54) is 5.56 Å². The van der Waals surface area contributed by atoms with E-state index < -0.39 is 0 Å². The smallest absolute Gasteiger partial charge is 0.254 e. The summed E-state index contributed by atoms with van der Waals surface area (Å²) in [6.45, 7) is 3.92. The third-order valence-corrected chi connectivity index (χ3v) is 6.34. The molecule has 1 saturated heterocycles. The highest BCUT2D eigenvalue weighted by atomic mass is 16.2. The van der Waals surface area contributed by atoms with Gasteiger partial charge >= 0.3 is 0 Å². The molecule has 178 valence electrons. The van der Waals surface area contributed by atoms with Crippen LogP contribution in [0.15, 0.2) is 79.6 Å². The first kappa shape index (κ1) is 22.9. The predicted molar refractivity (Wildman–Crippen MR) is 133 cm³/mol. The number of amides is 1. The van der Waals surface area contributed by atoms with E-state index in [9.17, 15) is 4.79 Å². The molecule has 0 spiro atoms. The Hall–Kier alpha value is -3.91. The molecule has 1 aromatic carbocycles. The van der Waals surface area contributed by atoms with Gasteiger partial charge in [0.05, 0.1) is 17.6 Å². The maximum atomic E-state index is 13.6. The summed E-state index contributed by atoms with van der Waals surface area (Å²) < 4.78 is 1.73. The monoisotopic (exact) mass is 467 g/mol. The molecule has 5 rings (SSSR count). The van der Waals surface area contributed by atoms with Gasteiger partial charge in [-0.15, -0.1) is 0 Å². The van der Waals surface area contributed by atoms with Gasteiger partial charge in [-0.2, -0.15) is 5.10 Å². The summed E-state index contributed by atoms with van der Waals surface area (Å²) in [4.78, 5) is 31.2. The van der Waals surface area contributed by atoms with Crippen molar-refractivity contribution in [3.05, 3.63) is 96.5 Å². The summed E-state index contributed by atoms with van der Waals surface area (Å²) in [5.41, 5.74) is 4.52. The van der Waals surface area contributed by atoms with Crippen molar-refractivity contribution in [2.45, 2.75) is 13.0 Å². The molecular weight excluding hydrogens is 438 g/mol. The number of pyridine rings is 1. The fourth-order valence-corrected chi connectivity index (χ4v) is 4.67. The lowest BCUT2D eigenvalue weighted by atomic mass is 10.0. The minimum atomic E-state index is 0.0308. The molecule has 3 aromatic heterocycles. The topological polar surface area (TPSA) is 80.0 Å². The van der Waals surface area contributed by atoms with Crippen molar-refractivity contribution >= 4 is 5.91 Å². The zero-order valence-electron chi connectivity index (χ0n) is 19.9. The fourth-order valence-electron chi connectivity index (χ4n) is 4.67. The molecule has 8 heteroatoms. The van der Waals surface area contributed by atoms with Gasteiger partial charge in [0.25, 0.3) is 5.91 Å². The van der Waals surface area contributed by atoms with Crippen LogP contribution in [0.3, 0.4) is 0 Å². The average molecular weight is 468 g/mol. The van der Waals surface area contributed by atoms with Crippen LogP contribution in [0, 0.1) is 5.92 Å². The van der Waals surface area contributed by atoms with Gasteiger partial charge in [-0.1, -0.05) is 30.3 Å². The van der Waals surface area contributed by atoms with Crippen molar-refractivity contribution in [1.29, 1.82) is 0 Å². The van der Waals surface area contributed by atoms with Gasteiger partial charge in [-0.25, -0.2) is 0 Å². The van der Waals surface area contributed by atoms with Gasteiger partial charge in [0.15, 0.2) is 0 Å². The van der Waals surface area contributed by atoms with Crippen molar-refractivity contribution in [3.63, 3.8) is 0 Å². The second-order valence-corrected chi connectivity index (χ2v) is 9.07. The summed E-state index contributed by atoms with van der Waals surface area (Å²) in [6.07, 6.45) is 11.4. The molecule has 0 aliphatic carbocycles.